The summed E-state index contributed by atoms with van der Waals surface area (Å²) in [7, 11) is 0. The van der Waals surface area contributed by atoms with Crippen molar-refractivity contribution in [3.8, 4) is 11.5 Å². The van der Waals surface area contributed by atoms with E-state index in [-0.39, 0.29) is 6.79 Å². The molecule has 3 heterocycles. The van der Waals surface area contributed by atoms with Crippen LogP contribution in [-0.4, -0.2) is 21.7 Å². The van der Waals surface area contributed by atoms with E-state index in [1.54, 1.807) is 6.20 Å². The average molecular weight is 280 g/mol. The zero-order chi connectivity index (χ0) is 14.1. The van der Waals surface area contributed by atoms with Gasteiger partial charge in [-0.1, -0.05) is 6.07 Å². The molecule has 1 aliphatic heterocycles. The van der Waals surface area contributed by atoms with Crippen LogP contribution in [0.5, 0.6) is 11.5 Å². The fourth-order valence-electron chi connectivity index (χ4n) is 2.27. The second-order valence-corrected chi connectivity index (χ2v) is 4.64. The Balaban J connectivity index is 1.58. The van der Waals surface area contributed by atoms with E-state index < -0.39 is 0 Å². The summed E-state index contributed by atoms with van der Waals surface area (Å²) in [6.07, 6.45) is 3.23. The van der Waals surface area contributed by atoms with Crippen LogP contribution in [0.25, 0.3) is 11.0 Å². The van der Waals surface area contributed by atoms with Gasteiger partial charge in [-0.3, -0.25) is 0 Å². The number of aromatic nitrogens is 3. The summed E-state index contributed by atoms with van der Waals surface area (Å²) in [5, 5.41) is 4.21. The quantitative estimate of drug-likeness (QED) is 0.794. The minimum atomic E-state index is 0.286. The van der Waals surface area contributed by atoms with Gasteiger partial charge in [0.05, 0.1) is 5.39 Å². The van der Waals surface area contributed by atoms with Gasteiger partial charge < -0.3 is 14.8 Å². The van der Waals surface area contributed by atoms with Gasteiger partial charge in [0.1, 0.15) is 12.1 Å². The van der Waals surface area contributed by atoms with Crippen LogP contribution >= 0.6 is 0 Å². The van der Waals surface area contributed by atoms with Crippen molar-refractivity contribution >= 4 is 16.9 Å². The van der Waals surface area contributed by atoms with Crippen LogP contribution < -0.4 is 14.8 Å². The third-order valence-electron chi connectivity index (χ3n) is 3.31. The fourth-order valence-corrected chi connectivity index (χ4v) is 2.27. The van der Waals surface area contributed by atoms with Gasteiger partial charge in [0, 0.05) is 12.7 Å². The highest BCUT2D eigenvalue weighted by Gasteiger charge is 2.13. The molecule has 2 aromatic heterocycles. The number of nitrogens with zero attached hydrogens (tertiary/aromatic N) is 3. The molecule has 0 saturated heterocycles. The number of nitrogens with one attached hydrogen (secondary N) is 1. The zero-order valence-electron chi connectivity index (χ0n) is 11.1. The predicted octanol–water partition coefficient (Wildman–Crippen LogP) is 2.37. The molecule has 0 spiro atoms. The zero-order valence-corrected chi connectivity index (χ0v) is 11.1. The van der Waals surface area contributed by atoms with Crippen LogP contribution in [0, 0.1) is 0 Å². The van der Waals surface area contributed by atoms with Gasteiger partial charge in [0.2, 0.25) is 6.79 Å². The van der Waals surface area contributed by atoms with Gasteiger partial charge in [-0.05, 0) is 29.8 Å². The second-order valence-electron chi connectivity index (χ2n) is 4.64. The molecule has 6 nitrogen and oxygen atoms in total. The van der Waals surface area contributed by atoms with E-state index in [1.807, 2.05) is 30.3 Å². The Morgan fingerprint density at radius 3 is 3.00 bits per heavy atom. The fraction of sp³-hybridized carbons (Fsp3) is 0.133. The maximum atomic E-state index is 5.38. The minimum Gasteiger partial charge on any atom is -0.454 e. The van der Waals surface area contributed by atoms with Crippen molar-refractivity contribution in [2.45, 2.75) is 6.54 Å². The molecule has 1 N–H and O–H groups in total. The van der Waals surface area contributed by atoms with E-state index in [1.165, 1.54) is 6.33 Å². The molecule has 0 radical (unpaired) electrons. The Morgan fingerprint density at radius 2 is 2.00 bits per heavy atom. The van der Waals surface area contributed by atoms with Gasteiger partial charge in [0.15, 0.2) is 17.1 Å². The molecule has 0 amide bonds. The summed E-state index contributed by atoms with van der Waals surface area (Å²) in [5.41, 5.74) is 1.77. The molecule has 1 aliphatic rings. The van der Waals surface area contributed by atoms with Gasteiger partial charge >= 0.3 is 0 Å². The minimum absolute atomic E-state index is 0.286. The number of anilines is 1. The molecule has 1 aromatic carbocycles. The van der Waals surface area contributed by atoms with Gasteiger partial charge in [-0.2, -0.15) is 0 Å². The topological polar surface area (TPSA) is 69.2 Å². The molecule has 104 valence electrons. The molecule has 0 aliphatic carbocycles. The lowest BCUT2D eigenvalue weighted by molar-refractivity contribution is 0.174. The predicted molar refractivity (Wildman–Crippen MR) is 77.2 cm³/mol. The van der Waals surface area contributed by atoms with Crippen LogP contribution in [0.15, 0.2) is 42.9 Å². The summed E-state index contributed by atoms with van der Waals surface area (Å²) in [6, 6.07) is 9.71. The maximum absolute atomic E-state index is 5.38. The molecule has 0 fully saturated rings. The van der Waals surface area contributed by atoms with Crippen molar-refractivity contribution < 1.29 is 9.47 Å². The van der Waals surface area contributed by atoms with Crippen LogP contribution in [0.2, 0.25) is 0 Å². The summed E-state index contributed by atoms with van der Waals surface area (Å²) >= 11 is 0. The second kappa shape index (κ2) is 4.90. The first-order valence-corrected chi connectivity index (χ1v) is 6.58. The average Bonchev–Trinajstić information content (AvgIpc) is 3.00. The lowest BCUT2D eigenvalue weighted by Gasteiger charge is -2.08. The third kappa shape index (κ3) is 2.20. The van der Waals surface area contributed by atoms with Crippen LogP contribution in [0.3, 0.4) is 0 Å². The Labute approximate surface area is 120 Å². The van der Waals surface area contributed by atoms with Crippen molar-refractivity contribution in [3.05, 3.63) is 48.4 Å². The smallest absolute Gasteiger partial charge is 0.231 e. The van der Waals surface area contributed by atoms with Gasteiger partial charge in [0.25, 0.3) is 0 Å². The Bertz CT molecular complexity index is 801. The van der Waals surface area contributed by atoms with Crippen LogP contribution in [-0.2, 0) is 6.54 Å². The van der Waals surface area contributed by atoms with E-state index >= 15 is 0 Å². The lowest BCUT2D eigenvalue weighted by Crippen LogP contribution is -2.03. The van der Waals surface area contributed by atoms with Crippen molar-refractivity contribution in [2.24, 2.45) is 0 Å². The molecule has 0 atom stereocenters. The number of hydrogen-bond donors (Lipinski definition) is 1. The SMILES string of the molecule is c1cnc2ncnc(NCc3ccc4c(c3)OCO4)c2c1. The highest BCUT2D eigenvalue weighted by atomic mass is 16.7. The molecule has 0 unspecified atom stereocenters. The lowest BCUT2D eigenvalue weighted by atomic mass is 10.2. The van der Waals surface area contributed by atoms with E-state index in [0.717, 1.165) is 28.3 Å². The number of fused-ring (bicyclic) bond motifs is 2. The highest BCUT2D eigenvalue weighted by molar-refractivity contribution is 5.85. The van der Waals surface area contributed by atoms with Crippen LogP contribution in [0.1, 0.15) is 5.56 Å². The summed E-state index contributed by atoms with van der Waals surface area (Å²) < 4.78 is 10.7. The number of rotatable bonds is 3. The first kappa shape index (κ1) is 11.9. The molecule has 4 rings (SSSR count). The maximum Gasteiger partial charge on any atom is 0.231 e. The largest absolute Gasteiger partial charge is 0.454 e. The van der Waals surface area contributed by atoms with E-state index in [0.29, 0.717) is 12.2 Å². The highest BCUT2D eigenvalue weighted by Crippen LogP contribution is 2.32. The van der Waals surface area contributed by atoms with Crippen molar-refractivity contribution in [2.75, 3.05) is 12.1 Å². The number of benzene rings is 1. The Hall–Kier alpha value is -2.89. The van der Waals surface area contributed by atoms with E-state index in [9.17, 15) is 0 Å². The summed E-state index contributed by atoms with van der Waals surface area (Å²) in [4.78, 5) is 12.6. The normalized spacial score (nSPS) is 12.6. The van der Waals surface area contributed by atoms with Crippen molar-refractivity contribution in [1.82, 2.24) is 15.0 Å². The van der Waals surface area contributed by atoms with Crippen LogP contribution in [0.4, 0.5) is 5.82 Å². The first-order valence-electron chi connectivity index (χ1n) is 6.58. The molecular formula is C15H12N4O2. The number of pyridine rings is 1. The molecule has 21 heavy (non-hydrogen) atoms. The Kier molecular flexibility index (Phi) is 2.77. The summed E-state index contributed by atoms with van der Waals surface area (Å²) in [6.45, 7) is 0.923. The van der Waals surface area contributed by atoms with Gasteiger partial charge in [-0.15, -0.1) is 0 Å². The first-order chi connectivity index (χ1) is 10.4. The van der Waals surface area contributed by atoms with E-state index in [4.69, 9.17) is 9.47 Å². The summed E-state index contributed by atoms with van der Waals surface area (Å²) in [5.74, 6) is 2.34. The number of ether oxygens (including phenoxy) is 2. The molecular weight excluding hydrogens is 268 g/mol. The van der Waals surface area contributed by atoms with E-state index in [2.05, 4.69) is 20.3 Å². The van der Waals surface area contributed by atoms with Crippen molar-refractivity contribution in [1.29, 1.82) is 0 Å². The molecule has 6 heteroatoms. The monoisotopic (exact) mass is 280 g/mol. The molecule has 0 saturated carbocycles. The standard InChI is InChI=1S/C15H12N4O2/c1-2-11-14(16-5-1)18-8-19-15(11)17-7-10-3-4-12-13(6-10)21-9-20-12/h1-6,8H,7,9H2,(H,16,17,18,19). The number of hydrogen-bond acceptors (Lipinski definition) is 6. The molecule has 0 bridgehead atoms. The van der Waals surface area contributed by atoms with Crippen molar-refractivity contribution in [3.63, 3.8) is 0 Å². The third-order valence-corrected chi connectivity index (χ3v) is 3.31. The van der Waals surface area contributed by atoms with Gasteiger partial charge in [-0.25, -0.2) is 15.0 Å². The Morgan fingerprint density at radius 1 is 1.05 bits per heavy atom. The molecule has 3 aromatic rings.